The van der Waals surface area contributed by atoms with E-state index in [0.717, 1.165) is 16.9 Å². The number of aliphatic hydroxyl groups is 1. The smallest absolute Gasteiger partial charge is 0.227 e. The number of amides is 1. The molecule has 0 aromatic heterocycles. The van der Waals surface area contributed by atoms with Crippen LogP contribution in [-0.4, -0.2) is 41.7 Å². The van der Waals surface area contributed by atoms with Gasteiger partial charge in [-0.2, -0.15) is 0 Å². The molecule has 0 aliphatic rings. The topological polar surface area (TPSA) is 49.8 Å². The quantitative estimate of drug-likeness (QED) is 0.868. The zero-order valence-corrected chi connectivity index (χ0v) is 13.1. The molecule has 1 aromatic carbocycles. The van der Waals surface area contributed by atoms with E-state index in [1.807, 2.05) is 32.0 Å². The van der Waals surface area contributed by atoms with Crippen LogP contribution in [0.2, 0.25) is 0 Å². The molecule has 0 unspecified atom stereocenters. The minimum atomic E-state index is -0.878. The van der Waals surface area contributed by atoms with E-state index in [4.69, 9.17) is 4.74 Å². The van der Waals surface area contributed by atoms with E-state index in [1.165, 1.54) is 0 Å². The molecule has 1 N–H and O–H groups in total. The van der Waals surface area contributed by atoms with Crippen LogP contribution in [0.1, 0.15) is 31.9 Å². The van der Waals surface area contributed by atoms with Crippen molar-refractivity contribution in [2.24, 2.45) is 0 Å². The molecule has 0 saturated heterocycles. The highest BCUT2D eigenvalue weighted by Crippen LogP contribution is 2.19. The Balaban J connectivity index is 2.78. The van der Waals surface area contributed by atoms with E-state index in [2.05, 4.69) is 0 Å². The first-order valence-corrected chi connectivity index (χ1v) is 6.90. The molecule has 0 saturated carbocycles. The van der Waals surface area contributed by atoms with E-state index >= 15 is 0 Å². The van der Waals surface area contributed by atoms with E-state index in [-0.39, 0.29) is 5.91 Å². The zero-order valence-electron chi connectivity index (χ0n) is 13.1. The summed E-state index contributed by atoms with van der Waals surface area (Å²) in [6.45, 7) is 8.23. The summed E-state index contributed by atoms with van der Waals surface area (Å²) in [4.78, 5) is 14.0. The Morgan fingerprint density at radius 2 is 2.05 bits per heavy atom. The van der Waals surface area contributed by atoms with Crippen molar-refractivity contribution in [1.29, 1.82) is 0 Å². The van der Waals surface area contributed by atoms with Gasteiger partial charge in [0.15, 0.2) is 0 Å². The average Bonchev–Trinajstić information content (AvgIpc) is 2.37. The van der Waals surface area contributed by atoms with Gasteiger partial charge in [0.1, 0.15) is 5.75 Å². The number of hydrogen-bond donors (Lipinski definition) is 1. The summed E-state index contributed by atoms with van der Waals surface area (Å²) >= 11 is 0. The number of aryl methyl sites for hydroxylation is 1. The zero-order chi connectivity index (χ0) is 15.3. The molecular formula is C16H25NO3. The third kappa shape index (κ3) is 4.85. The van der Waals surface area contributed by atoms with Gasteiger partial charge in [-0.3, -0.25) is 4.79 Å². The lowest BCUT2D eigenvalue weighted by molar-refractivity contribution is -0.133. The minimum absolute atomic E-state index is 0.0144. The summed E-state index contributed by atoms with van der Waals surface area (Å²) in [6, 6.07) is 5.78. The van der Waals surface area contributed by atoms with Gasteiger partial charge in [-0.05, 0) is 44.9 Å². The Bertz CT molecular complexity index is 463. The molecular weight excluding hydrogens is 254 g/mol. The Labute approximate surface area is 121 Å². The van der Waals surface area contributed by atoms with Gasteiger partial charge in [-0.15, -0.1) is 0 Å². The van der Waals surface area contributed by atoms with Crippen LogP contribution in [0.4, 0.5) is 0 Å². The van der Waals surface area contributed by atoms with Crippen molar-refractivity contribution >= 4 is 5.91 Å². The Morgan fingerprint density at radius 3 is 2.55 bits per heavy atom. The predicted molar refractivity (Wildman–Crippen MR) is 80.0 cm³/mol. The number of rotatable bonds is 6. The normalized spacial score (nSPS) is 11.3. The molecule has 0 aliphatic heterocycles. The maximum atomic E-state index is 12.3. The SMILES string of the molecule is CCN(CC(C)(C)O)C(=O)Cc1ccc(C)c(OC)c1. The maximum absolute atomic E-state index is 12.3. The van der Waals surface area contributed by atoms with Gasteiger partial charge < -0.3 is 14.7 Å². The number of carbonyl (C=O) groups excluding carboxylic acids is 1. The van der Waals surface area contributed by atoms with E-state index < -0.39 is 5.60 Å². The van der Waals surface area contributed by atoms with E-state index in [0.29, 0.717) is 19.5 Å². The Hall–Kier alpha value is -1.55. The summed E-state index contributed by atoms with van der Waals surface area (Å²) < 4.78 is 5.27. The van der Waals surface area contributed by atoms with Crippen molar-refractivity contribution in [1.82, 2.24) is 4.90 Å². The van der Waals surface area contributed by atoms with Gasteiger partial charge in [0, 0.05) is 13.1 Å². The average molecular weight is 279 g/mol. The monoisotopic (exact) mass is 279 g/mol. The number of hydrogen-bond acceptors (Lipinski definition) is 3. The molecule has 0 aliphatic carbocycles. The summed E-state index contributed by atoms with van der Waals surface area (Å²) in [7, 11) is 1.63. The number of benzene rings is 1. The molecule has 0 bridgehead atoms. The van der Waals surface area contributed by atoms with Gasteiger partial charge in [0.2, 0.25) is 5.91 Å². The molecule has 0 atom stereocenters. The molecule has 0 heterocycles. The lowest BCUT2D eigenvalue weighted by Gasteiger charge is -2.28. The van der Waals surface area contributed by atoms with E-state index in [9.17, 15) is 9.90 Å². The van der Waals surface area contributed by atoms with Crippen molar-refractivity contribution < 1.29 is 14.6 Å². The van der Waals surface area contributed by atoms with Gasteiger partial charge in [0.05, 0.1) is 19.1 Å². The summed E-state index contributed by atoms with van der Waals surface area (Å²) in [6.07, 6.45) is 0.320. The molecule has 4 heteroatoms. The number of nitrogens with zero attached hydrogens (tertiary/aromatic N) is 1. The van der Waals surface area contributed by atoms with Crippen LogP contribution in [0.5, 0.6) is 5.75 Å². The molecule has 112 valence electrons. The summed E-state index contributed by atoms with van der Waals surface area (Å²) in [5, 5.41) is 9.84. The second kappa shape index (κ2) is 6.75. The third-order valence-corrected chi connectivity index (χ3v) is 3.14. The highest BCUT2D eigenvalue weighted by atomic mass is 16.5. The van der Waals surface area contributed by atoms with Crippen LogP contribution in [-0.2, 0) is 11.2 Å². The molecule has 0 radical (unpaired) electrons. The lowest BCUT2D eigenvalue weighted by Crippen LogP contribution is -2.42. The van der Waals surface area contributed by atoms with Gasteiger partial charge >= 0.3 is 0 Å². The van der Waals surface area contributed by atoms with Crippen LogP contribution < -0.4 is 4.74 Å². The third-order valence-electron chi connectivity index (χ3n) is 3.14. The van der Waals surface area contributed by atoms with Gasteiger partial charge in [0.25, 0.3) is 0 Å². The van der Waals surface area contributed by atoms with Crippen molar-refractivity contribution in [2.75, 3.05) is 20.2 Å². The number of methoxy groups -OCH3 is 1. The molecule has 20 heavy (non-hydrogen) atoms. The van der Waals surface area contributed by atoms with Crippen molar-refractivity contribution in [3.8, 4) is 5.75 Å². The molecule has 0 spiro atoms. The molecule has 1 rings (SSSR count). The first-order valence-electron chi connectivity index (χ1n) is 6.90. The Kier molecular flexibility index (Phi) is 5.57. The molecule has 1 aromatic rings. The minimum Gasteiger partial charge on any atom is -0.496 e. The largest absolute Gasteiger partial charge is 0.496 e. The number of likely N-dealkylation sites (N-methyl/N-ethyl adjacent to an activating group) is 1. The van der Waals surface area contributed by atoms with Crippen LogP contribution >= 0.6 is 0 Å². The number of carbonyl (C=O) groups is 1. The van der Waals surface area contributed by atoms with Crippen LogP contribution in [0, 0.1) is 6.92 Å². The fraction of sp³-hybridized carbons (Fsp3) is 0.562. The first-order chi connectivity index (χ1) is 9.26. The van der Waals surface area contributed by atoms with Crippen LogP contribution in [0.15, 0.2) is 18.2 Å². The van der Waals surface area contributed by atoms with Gasteiger partial charge in [-0.1, -0.05) is 12.1 Å². The molecule has 0 fully saturated rings. The van der Waals surface area contributed by atoms with Gasteiger partial charge in [-0.25, -0.2) is 0 Å². The van der Waals surface area contributed by atoms with Crippen molar-refractivity contribution in [3.63, 3.8) is 0 Å². The predicted octanol–water partition coefficient (Wildman–Crippen LogP) is 2.17. The highest BCUT2D eigenvalue weighted by molar-refractivity contribution is 5.79. The second-order valence-corrected chi connectivity index (χ2v) is 5.70. The van der Waals surface area contributed by atoms with Crippen molar-refractivity contribution in [3.05, 3.63) is 29.3 Å². The summed E-state index contributed by atoms with van der Waals surface area (Å²) in [5.74, 6) is 0.807. The highest BCUT2D eigenvalue weighted by Gasteiger charge is 2.21. The lowest BCUT2D eigenvalue weighted by atomic mass is 10.1. The van der Waals surface area contributed by atoms with Crippen molar-refractivity contribution in [2.45, 2.75) is 39.7 Å². The standard InChI is InChI=1S/C16H25NO3/c1-6-17(11-16(3,4)19)15(18)10-13-8-7-12(2)14(9-13)20-5/h7-9,19H,6,10-11H2,1-5H3. The van der Waals surface area contributed by atoms with Crippen LogP contribution in [0.25, 0.3) is 0 Å². The first kappa shape index (κ1) is 16.5. The Morgan fingerprint density at radius 1 is 1.40 bits per heavy atom. The van der Waals surface area contributed by atoms with Crippen LogP contribution in [0.3, 0.4) is 0 Å². The summed E-state index contributed by atoms with van der Waals surface area (Å²) in [5.41, 5.74) is 1.09. The molecule has 4 nitrogen and oxygen atoms in total. The number of ether oxygens (including phenoxy) is 1. The fourth-order valence-corrected chi connectivity index (χ4v) is 2.10. The van der Waals surface area contributed by atoms with E-state index in [1.54, 1.807) is 25.9 Å². The second-order valence-electron chi connectivity index (χ2n) is 5.70. The fourth-order valence-electron chi connectivity index (χ4n) is 2.10. The molecule has 1 amide bonds. The maximum Gasteiger partial charge on any atom is 0.227 e.